The van der Waals surface area contributed by atoms with Crippen molar-refractivity contribution < 1.29 is 19.0 Å². The number of carbonyl (C=O) groups excluding carboxylic acids is 1. The van der Waals surface area contributed by atoms with Crippen LogP contribution in [0.4, 0.5) is 16.2 Å². The number of non-ortho nitro benzene ring substituents is 1. The Morgan fingerprint density at radius 3 is 2.40 bits per heavy atom. The molecule has 0 aliphatic carbocycles. The molecule has 0 fully saturated rings. The molecule has 0 bridgehead atoms. The van der Waals surface area contributed by atoms with Crippen molar-refractivity contribution in [3.05, 3.63) is 76.8 Å². The number of aromatic nitrogens is 1. The number of nitrogens with zero attached hydrogens (tertiary/aromatic N) is 2. The van der Waals surface area contributed by atoms with Gasteiger partial charge < -0.3 is 4.74 Å². The van der Waals surface area contributed by atoms with E-state index in [1.54, 1.807) is 19.1 Å². The summed E-state index contributed by atoms with van der Waals surface area (Å²) in [6.45, 7) is 2.06. The van der Waals surface area contributed by atoms with E-state index in [1.807, 2.05) is 49.5 Å². The van der Waals surface area contributed by atoms with E-state index in [2.05, 4.69) is 9.88 Å². The Morgan fingerprint density at radius 2 is 1.73 bits per heavy atom. The molecule has 0 unspecified atom stereocenters. The fourth-order valence-electron chi connectivity index (χ4n) is 3.72. The fraction of sp³-hybridized carbons (Fsp3) is 0.130. The average molecular weight is 402 g/mol. The van der Waals surface area contributed by atoms with Crippen LogP contribution in [-0.4, -0.2) is 17.6 Å². The zero-order chi connectivity index (χ0) is 21.3. The maximum Gasteiger partial charge on any atom is 0.411 e. The zero-order valence-corrected chi connectivity index (χ0v) is 16.6. The van der Waals surface area contributed by atoms with Gasteiger partial charge in [0.2, 0.25) is 11.2 Å². The monoisotopic (exact) mass is 402 g/mol. The first-order valence-corrected chi connectivity index (χ1v) is 9.52. The van der Waals surface area contributed by atoms with Crippen LogP contribution in [0.3, 0.4) is 0 Å². The van der Waals surface area contributed by atoms with Gasteiger partial charge in [0, 0.05) is 34.8 Å². The molecule has 0 radical (unpaired) electrons. The van der Waals surface area contributed by atoms with Crippen LogP contribution < -0.4 is 9.88 Å². The smallest absolute Gasteiger partial charge is 0.411 e. The number of rotatable bonds is 4. The quantitative estimate of drug-likeness (QED) is 0.226. The van der Waals surface area contributed by atoms with Gasteiger partial charge in [-0.2, -0.15) is 4.57 Å². The Morgan fingerprint density at radius 1 is 1.03 bits per heavy atom. The summed E-state index contributed by atoms with van der Waals surface area (Å²) in [5.41, 5.74) is 3.51. The minimum atomic E-state index is -0.493. The lowest BCUT2D eigenvalue weighted by Gasteiger charge is -2.11. The summed E-state index contributed by atoms with van der Waals surface area (Å²) in [7, 11) is 1.96. The molecule has 0 aliphatic rings. The number of benzene rings is 3. The van der Waals surface area contributed by atoms with Crippen LogP contribution in [0.2, 0.25) is 0 Å². The van der Waals surface area contributed by atoms with Crippen LogP contribution in [0, 0.1) is 10.1 Å². The van der Waals surface area contributed by atoms with Gasteiger partial charge in [-0.3, -0.25) is 15.4 Å². The second kappa shape index (κ2) is 7.79. The Balaban J connectivity index is 1.93. The summed E-state index contributed by atoms with van der Waals surface area (Å²) in [5.74, 6) is 0. The molecule has 1 aromatic heterocycles. The van der Waals surface area contributed by atoms with Gasteiger partial charge in [-0.15, -0.1) is 0 Å². The molecule has 0 saturated carbocycles. The Hall–Kier alpha value is -4.00. The van der Waals surface area contributed by atoms with E-state index in [-0.39, 0.29) is 5.69 Å². The van der Waals surface area contributed by atoms with Gasteiger partial charge in [-0.1, -0.05) is 18.2 Å². The lowest BCUT2D eigenvalue weighted by atomic mass is 9.99. The van der Waals surface area contributed by atoms with E-state index >= 15 is 0 Å². The van der Waals surface area contributed by atoms with Gasteiger partial charge in [-0.05, 0) is 37.3 Å². The van der Waals surface area contributed by atoms with E-state index in [4.69, 9.17) is 4.74 Å². The standard InChI is InChI=1S/C23H19N3O4/c1-3-30-23(27)24-16-10-13-21-20(14-16)18-6-4-5-7-19(18)22(25(21)2)15-8-11-17(12-9-15)26(28)29/h4-14H,3H2,1-2H3/p+1. The van der Waals surface area contributed by atoms with E-state index in [1.165, 1.54) is 12.1 Å². The second-order valence-corrected chi connectivity index (χ2v) is 6.83. The van der Waals surface area contributed by atoms with Crippen LogP contribution in [0.1, 0.15) is 6.92 Å². The topological polar surface area (TPSA) is 85.3 Å². The first kappa shape index (κ1) is 19.3. The number of nitro benzene ring substituents is 1. The van der Waals surface area contributed by atoms with Gasteiger partial charge in [0.1, 0.15) is 7.05 Å². The predicted octanol–water partition coefficient (Wildman–Crippen LogP) is 4.96. The van der Waals surface area contributed by atoms with Crippen molar-refractivity contribution in [2.24, 2.45) is 7.05 Å². The number of aryl methyl sites for hydroxylation is 1. The molecule has 0 aliphatic heterocycles. The third-order valence-electron chi connectivity index (χ3n) is 5.04. The number of amides is 1. The summed E-state index contributed by atoms with van der Waals surface area (Å²) < 4.78 is 7.03. The van der Waals surface area contributed by atoms with Crippen molar-refractivity contribution in [1.29, 1.82) is 0 Å². The first-order chi connectivity index (χ1) is 14.5. The largest absolute Gasteiger partial charge is 0.450 e. The van der Waals surface area contributed by atoms with Crippen molar-refractivity contribution in [3.8, 4) is 11.3 Å². The number of hydrogen-bond acceptors (Lipinski definition) is 4. The molecule has 4 rings (SSSR count). The number of nitrogens with one attached hydrogen (secondary N) is 1. The molecule has 1 amide bonds. The molecule has 3 aromatic carbocycles. The highest BCUT2D eigenvalue weighted by Gasteiger charge is 2.21. The number of fused-ring (bicyclic) bond motifs is 3. The molecule has 1 heterocycles. The zero-order valence-electron chi connectivity index (χ0n) is 16.6. The number of pyridine rings is 1. The number of hydrogen-bond donors (Lipinski definition) is 1. The van der Waals surface area contributed by atoms with Gasteiger partial charge in [0.15, 0.2) is 0 Å². The van der Waals surface area contributed by atoms with Gasteiger partial charge in [0.05, 0.1) is 22.3 Å². The van der Waals surface area contributed by atoms with Crippen LogP contribution in [0.25, 0.3) is 32.9 Å². The number of nitro groups is 1. The highest BCUT2D eigenvalue weighted by Crippen LogP contribution is 2.32. The Labute approximate surface area is 172 Å². The molecular weight excluding hydrogens is 382 g/mol. The molecule has 4 aromatic rings. The summed E-state index contributed by atoms with van der Waals surface area (Å²) >= 11 is 0. The van der Waals surface area contributed by atoms with Crippen molar-refractivity contribution in [2.45, 2.75) is 6.92 Å². The summed E-state index contributed by atoms with van der Waals surface area (Å²) in [4.78, 5) is 22.4. The maximum atomic E-state index is 11.8. The van der Waals surface area contributed by atoms with Gasteiger partial charge in [-0.25, -0.2) is 4.79 Å². The molecule has 1 N–H and O–H groups in total. The number of carbonyl (C=O) groups is 1. The van der Waals surface area contributed by atoms with Gasteiger partial charge >= 0.3 is 6.09 Å². The normalized spacial score (nSPS) is 10.9. The van der Waals surface area contributed by atoms with Gasteiger partial charge in [0.25, 0.3) is 5.69 Å². The van der Waals surface area contributed by atoms with E-state index < -0.39 is 11.0 Å². The van der Waals surface area contributed by atoms with Crippen LogP contribution in [-0.2, 0) is 11.8 Å². The summed E-state index contributed by atoms with van der Waals surface area (Å²) in [5, 5.41) is 16.8. The third kappa shape index (κ3) is 3.41. The Bertz CT molecular complexity index is 1280. The van der Waals surface area contributed by atoms with Crippen molar-refractivity contribution in [1.82, 2.24) is 0 Å². The van der Waals surface area contributed by atoms with Crippen molar-refractivity contribution in [3.63, 3.8) is 0 Å². The number of anilines is 1. The maximum absolute atomic E-state index is 11.8. The highest BCUT2D eigenvalue weighted by atomic mass is 16.6. The lowest BCUT2D eigenvalue weighted by molar-refractivity contribution is -0.632. The first-order valence-electron chi connectivity index (χ1n) is 9.52. The summed E-state index contributed by atoms with van der Waals surface area (Å²) in [6.07, 6.45) is -0.493. The van der Waals surface area contributed by atoms with E-state index in [0.717, 1.165) is 32.9 Å². The Kier molecular flexibility index (Phi) is 5.02. The molecule has 0 atom stereocenters. The molecule has 7 heteroatoms. The molecule has 7 nitrogen and oxygen atoms in total. The minimum Gasteiger partial charge on any atom is -0.450 e. The molecule has 0 spiro atoms. The molecule has 0 saturated heterocycles. The molecule has 150 valence electrons. The van der Waals surface area contributed by atoms with Crippen molar-refractivity contribution in [2.75, 3.05) is 11.9 Å². The minimum absolute atomic E-state index is 0.0566. The van der Waals surface area contributed by atoms with Crippen LogP contribution in [0.15, 0.2) is 66.7 Å². The van der Waals surface area contributed by atoms with Crippen LogP contribution in [0.5, 0.6) is 0 Å². The average Bonchev–Trinajstić information content (AvgIpc) is 2.74. The van der Waals surface area contributed by atoms with E-state index in [0.29, 0.717) is 12.3 Å². The second-order valence-electron chi connectivity index (χ2n) is 6.83. The molecular formula is C23H20N3O4+. The number of ether oxygens (including phenoxy) is 1. The third-order valence-corrected chi connectivity index (χ3v) is 5.04. The summed E-state index contributed by atoms with van der Waals surface area (Å²) in [6, 6.07) is 20.2. The lowest BCUT2D eigenvalue weighted by Crippen LogP contribution is -2.32. The predicted molar refractivity (Wildman–Crippen MR) is 115 cm³/mol. The van der Waals surface area contributed by atoms with Crippen molar-refractivity contribution >= 4 is 39.1 Å². The van der Waals surface area contributed by atoms with E-state index in [9.17, 15) is 14.9 Å². The molecule has 30 heavy (non-hydrogen) atoms. The SMILES string of the molecule is CCOC(=O)Nc1ccc2c(c1)c1ccccc1c(-c1ccc([N+](=O)[O-])cc1)[n+]2C. The van der Waals surface area contributed by atoms with Crippen LogP contribution >= 0.6 is 0 Å². The fourth-order valence-corrected chi connectivity index (χ4v) is 3.72. The highest BCUT2D eigenvalue weighted by molar-refractivity contribution is 6.10.